The van der Waals surface area contributed by atoms with Gasteiger partial charge in [0.25, 0.3) is 0 Å². The molecule has 88 valence electrons. The number of alkyl halides is 3. The Labute approximate surface area is 88.7 Å². The fraction of sp³-hybridized carbons (Fsp3) is 0.556. The number of carboxylic acids is 1. The number of halogens is 3. The zero-order valence-corrected chi connectivity index (χ0v) is 8.11. The zero-order valence-electron chi connectivity index (χ0n) is 8.11. The van der Waals surface area contributed by atoms with Gasteiger partial charge in [0.1, 0.15) is 0 Å². The van der Waals surface area contributed by atoms with Crippen LogP contribution in [0, 0.1) is 5.92 Å². The maximum Gasteiger partial charge on any atom is 0.419 e. The number of hydrogen-bond donors (Lipinski definition) is 1. The topological polar surface area (TPSA) is 55.1 Å². The smallest absolute Gasteiger partial charge is 0.419 e. The molecule has 0 amide bonds. The molecule has 1 aromatic heterocycles. The molecule has 0 aromatic carbocycles. The minimum Gasteiger partial charge on any atom is -0.481 e. The van der Waals surface area contributed by atoms with Crippen molar-refractivity contribution in [2.45, 2.75) is 25.1 Å². The summed E-state index contributed by atoms with van der Waals surface area (Å²) in [5, 5.41) is 12.3. The first-order valence-corrected chi connectivity index (χ1v) is 4.74. The highest BCUT2D eigenvalue weighted by molar-refractivity contribution is 5.71. The van der Waals surface area contributed by atoms with Crippen LogP contribution in [-0.2, 0) is 11.0 Å². The molecule has 2 rings (SSSR count). The van der Waals surface area contributed by atoms with Crippen molar-refractivity contribution in [1.29, 1.82) is 0 Å². The van der Waals surface area contributed by atoms with Gasteiger partial charge in [0.2, 0.25) is 0 Å². The first-order chi connectivity index (χ1) is 7.39. The third-order valence-electron chi connectivity index (χ3n) is 2.82. The first-order valence-electron chi connectivity index (χ1n) is 4.74. The molecule has 7 heteroatoms. The fourth-order valence-corrected chi connectivity index (χ4v) is 1.75. The van der Waals surface area contributed by atoms with Crippen molar-refractivity contribution >= 4 is 5.97 Å². The molecule has 0 aliphatic heterocycles. The summed E-state index contributed by atoms with van der Waals surface area (Å²) >= 11 is 0. The van der Waals surface area contributed by atoms with E-state index >= 15 is 0 Å². The second kappa shape index (κ2) is 3.50. The van der Waals surface area contributed by atoms with E-state index < -0.39 is 29.7 Å². The predicted molar refractivity (Wildman–Crippen MR) is 46.6 cm³/mol. The number of hydrogen-bond acceptors (Lipinski definition) is 2. The van der Waals surface area contributed by atoms with Crippen molar-refractivity contribution in [2.24, 2.45) is 5.92 Å². The summed E-state index contributed by atoms with van der Waals surface area (Å²) < 4.78 is 37.9. The average Bonchev–Trinajstić information content (AvgIpc) is 2.48. The van der Waals surface area contributed by atoms with Crippen LogP contribution in [-0.4, -0.2) is 20.9 Å². The van der Waals surface area contributed by atoms with Crippen molar-refractivity contribution in [2.75, 3.05) is 0 Å². The standard InChI is InChI=1S/C9H9F3N2O2/c10-9(11,12)5-3-13-14(4-5)7-2-1-6(7)8(15)16/h3-4,6-7H,1-2H2,(H,15,16). The second-order valence-electron chi connectivity index (χ2n) is 3.80. The van der Waals surface area contributed by atoms with Gasteiger partial charge in [-0.05, 0) is 12.8 Å². The lowest BCUT2D eigenvalue weighted by molar-refractivity contribution is -0.147. The van der Waals surface area contributed by atoms with Crippen LogP contribution in [0.2, 0.25) is 0 Å². The van der Waals surface area contributed by atoms with Gasteiger partial charge in [-0.3, -0.25) is 9.48 Å². The molecule has 1 aromatic rings. The molecular weight excluding hydrogens is 225 g/mol. The molecule has 1 aliphatic carbocycles. The van der Waals surface area contributed by atoms with Crippen molar-refractivity contribution in [3.05, 3.63) is 18.0 Å². The Kier molecular flexibility index (Phi) is 2.40. The van der Waals surface area contributed by atoms with Crippen molar-refractivity contribution in [3.8, 4) is 0 Å². The summed E-state index contributed by atoms with van der Waals surface area (Å²) in [7, 11) is 0. The lowest BCUT2D eigenvalue weighted by Crippen LogP contribution is -2.35. The Balaban J connectivity index is 2.17. The summed E-state index contributed by atoms with van der Waals surface area (Å²) in [6.07, 6.45) is -1.81. The molecule has 0 saturated heterocycles. The van der Waals surface area contributed by atoms with E-state index in [0.717, 1.165) is 17.1 Å². The van der Waals surface area contributed by atoms with Crippen LogP contribution in [0.1, 0.15) is 24.4 Å². The number of aliphatic carboxylic acids is 1. The number of carbonyl (C=O) groups is 1. The van der Waals surface area contributed by atoms with E-state index in [1.807, 2.05) is 0 Å². The molecule has 1 fully saturated rings. The van der Waals surface area contributed by atoms with Gasteiger partial charge in [0.05, 0.1) is 23.7 Å². The van der Waals surface area contributed by atoms with Crippen molar-refractivity contribution in [3.63, 3.8) is 0 Å². The molecule has 2 atom stereocenters. The Morgan fingerprint density at radius 3 is 2.56 bits per heavy atom. The molecule has 4 nitrogen and oxygen atoms in total. The summed E-state index contributed by atoms with van der Waals surface area (Å²) in [5.74, 6) is -1.61. The highest BCUT2D eigenvalue weighted by Gasteiger charge is 2.40. The van der Waals surface area contributed by atoms with Gasteiger partial charge >= 0.3 is 12.1 Å². The van der Waals surface area contributed by atoms with Crippen LogP contribution >= 0.6 is 0 Å². The third-order valence-corrected chi connectivity index (χ3v) is 2.82. The van der Waals surface area contributed by atoms with E-state index in [-0.39, 0.29) is 0 Å². The van der Waals surface area contributed by atoms with E-state index in [1.165, 1.54) is 0 Å². The lowest BCUT2D eigenvalue weighted by Gasteiger charge is -2.33. The minimum absolute atomic E-state index is 0.450. The van der Waals surface area contributed by atoms with Crippen molar-refractivity contribution in [1.82, 2.24) is 9.78 Å². The highest BCUT2D eigenvalue weighted by Crippen LogP contribution is 2.39. The first kappa shape index (κ1) is 11.0. The van der Waals surface area contributed by atoms with Crippen LogP contribution < -0.4 is 0 Å². The van der Waals surface area contributed by atoms with E-state index in [1.54, 1.807) is 0 Å². The van der Waals surface area contributed by atoms with Gasteiger partial charge in [0, 0.05) is 6.20 Å². The maximum atomic E-state index is 12.3. The van der Waals surface area contributed by atoms with Gasteiger partial charge in [-0.2, -0.15) is 18.3 Å². The molecule has 1 saturated carbocycles. The van der Waals surface area contributed by atoms with Gasteiger partial charge in [0.15, 0.2) is 0 Å². The summed E-state index contributed by atoms with van der Waals surface area (Å²) in [6, 6.07) is -0.450. The number of carboxylic acid groups (broad SMARTS) is 1. The zero-order chi connectivity index (χ0) is 11.9. The van der Waals surface area contributed by atoms with E-state index in [9.17, 15) is 18.0 Å². The van der Waals surface area contributed by atoms with Crippen LogP contribution in [0.5, 0.6) is 0 Å². The molecule has 0 spiro atoms. The Morgan fingerprint density at radius 1 is 1.50 bits per heavy atom. The SMILES string of the molecule is O=C(O)C1CCC1n1cc(C(F)(F)F)cn1. The van der Waals surface area contributed by atoms with Gasteiger partial charge in [-0.25, -0.2) is 0 Å². The fourth-order valence-electron chi connectivity index (χ4n) is 1.75. The highest BCUT2D eigenvalue weighted by atomic mass is 19.4. The third kappa shape index (κ3) is 1.77. The van der Waals surface area contributed by atoms with E-state index in [4.69, 9.17) is 5.11 Å². The van der Waals surface area contributed by atoms with E-state index in [0.29, 0.717) is 12.8 Å². The van der Waals surface area contributed by atoms with Crippen molar-refractivity contribution < 1.29 is 23.1 Å². The Hall–Kier alpha value is -1.53. The normalized spacial score (nSPS) is 25.2. The van der Waals surface area contributed by atoms with Crippen LogP contribution in [0.4, 0.5) is 13.2 Å². The molecule has 1 heterocycles. The summed E-state index contributed by atoms with van der Waals surface area (Å²) in [4.78, 5) is 10.7. The van der Waals surface area contributed by atoms with Gasteiger partial charge in [-0.15, -0.1) is 0 Å². The Morgan fingerprint density at radius 2 is 2.19 bits per heavy atom. The molecule has 0 radical (unpaired) electrons. The predicted octanol–water partition coefficient (Wildman–Crippen LogP) is 1.94. The largest absolute Gasteiger partial charge is 0.481 e. The molecule has 1 aliphatic rings. The number of rotatable bonds is 2. The quantitative estimate of drug-likeness (QED) is 0.850. The van der Waals surface area contributed by atoms with Gasteiger partial charge in [-0.1, -0.05) is 0 Å². The number of aromatic nitrogens is 2. The van der Waals surface area contributed by atoms with Gasteiger partial charge < -0.3 is 5.11 Å². The summed E-state index contributed by atoms with van der Waals surface area (Å²) in [5.41, 5.74) is -0.844. The monoisotopic (exact) mass is 234 g/mol. The van der Waals surface area contributed by atoms with Crippen LogP contribution in [0.15, 0.2) is 12.4 Å². The minimum atomic E-state index is -4.43. The molecular formula is C9H9F3N2O2. The molecule has 1 N–H and O–H groups in total. The molecule has 0 bridgehead atoms. The maximum absolute atomic E-state index is 12.3. The summed E-state index contributed by atoms with van der Waals surface area (Å²) in [6.45, 7) is 0. The number of nitrogens with zero attached hydrogens (tertiary/aromatic N) is 2. The van der Waals surface area contributed by atoms with Crippen LogP contribution in [0.3, 0.4) is 0 Å². The molecule has 2 unspecified atom stereocenters. The Bertz CT molecular complexity index is 413. The second-order valence-corrected chi connectivity index (χ2v) is 3.80. The average molecular weight is 234 g/mol. The molecule has 16 heavy (non-hydrogen) atoms. The lowest BCUT2D eigenvalue weighted by atomic mass is 9.80. The van der Waals surface area contributed by atoms with E-state index in [2.05, 4.69) is 5.10 Å². The van der Waals surface area contributed by atoms with Crippen LogP contribution in [0.25, 0.3) is 0 Å².